The number of hydrogen-bond donors (Lipinski definition) is 1. The normalized spacial score (nSPS) is 17.6. The highest BCUT2D eigenvalue weighted by molar-refractivity contribution is 5.88. The van der Waals surface area contributed by atoms with Gasteiger partial charge in [0, 0.05) is 24.1 Å². The second-order valence-electron chi connectivity index (χ2n) is 9.62. The predicted molar refractivity (Wildman–Crippen MR) is 129 cm³/mol. The number of halogens is 4. The third-order valence-electron chi connectivity index (χ3n) is 7.13. The number of likely N-dealkylation sites (tertiary alicyclic amines) is 1. The minimum absolute atomic E-state index is 0.138. The summed E-state index contributed by atoms with van der Waals surface area (Å²) in [4.78, 5) is 16.1. The summed E-state index contributed by atoms with van der Waals surface area (Å²) in [6, 6.07) is 6.47. The molecule has 2 aliphatic rings. The van der Waals surface area contributed by atoms with E-state index in [1.807, 2.05) is 0 Å². The summed E-state index contributed by atoms with van der Waals surface area (Å²) in [6.45, 7) is 4.35. The molecule has 1 saturated carbocycles. The van der Waals surface area contributed by atoms with Crippen molar-refractivity contribution in [2.45, 2.75) is 50.2 Å². The Morgan fingerprint density at radius 3 is 2.57 bits per heavy atom. The van der Waals surface area contributed by atoms with Crippen molar-refractivity contribution in [1.29, 1.82) is 5.26 Å². The fourth-order valence-electron chi connectivity index (χ4n) is 4.62. The predicted octanol–water partition coefficient (Wildman–Crippen LogP) is 5.17. The molecule has 1 saturated heterocycles. The number of rotatable bonds is 8. The number of fused-ring (bicyclic) bond motifs is 1. The highest BCUT2D eigenvalue weighted by atomic mass is 19.4. The molecule has 1 aliphatic carbocycles. The molecule has 1 aliphatic heterocycles. The average Bonchev–Trinajstić information content (AvgIpc) is 3.63. The van der Waals surface area contributed by atoms with Crippen LogP contribution in [0.1, 0.15) is 54.7 Å². The maximum absolute atomic E-state index is 14.9. The summed E-state index contributed by atoms with van der Waals surface area (Å²) in [5, 5.41) is 13.3. The molecule has 0 spiro atoms. The molecule has 3 aromatic rings. The van der Waals surface area contributed by atoms with Gasteiger partial charge in [0.2, 0.25) is 5.88 Å². The third-order valence-corrected chi connectivity index (χ3v) is 7.13. The molecule has 2 fully saturated rings. The Kier molecular flexibility index (Phi) is 6.40. The highest BCUT2D eigenvalue weighted by Gasteiger charge is 2.48. The number of aromatic nitrogens is 3. The molecule has 37 heavy (non-hydrogen) atoms. The summed E-state index contributed by atoms with van der Waals surface area (Å²) in [5.74, 6) is -0.199. The molecule has 194 valence electrons. The van der Waals surface area contributed by atoms with Gasteiger partial charge < -0.3 is 15.0 Å². The highest BCUT2D eigenvalue weighted by Crippen LogP contribution is 2.51. The van der Waals surface area contributed by atoms with Crippen molar-refractivity contribution >= 4 is 16.9 Å². The maximum atomic E-state index is 14.9. The molecule has 0 unspecified atom stereocenters. The summed E-state index contributed by atoms with van der Waals surface area (Å²) >= 11 is 0. The fraction of sp³-hybridized carbons (Fsp3) is 0.462. The molecule has 7 nitrogen and oxygen atoms in total. The van der Waals surface area contributed by atoms with E-state index in [1.54, 1.807) is 13.0 Å². The SMILES string of the molecule is COc1nc2nc(CCN3CCC3)nc(N[C@H](C)c3cccc(C(F)(F)F)c3F)c2cc1C1(C#N)CC1. The zero-order valence-corrected chi connectivity index (χ0v) is 20.5. The maximum Gasteiger partial charge on any atom is 0.419 e. The number of pyridine rings is 1. The van der Waals surface area contributed by atoms with Crippen molar-refractivity contribution in [3.63, 3.8) is 0 Å². The zero-order valence-electron chi connectivity index (χ0n) is 20.5. The van der Waals surface area contributed by atoms with Crippen LogP contribution in [0.2, 0.25) is 0 Å². The number of methoxy groups -OCH3 is 1. The van der Waals surface area contributed by atoms with E-state index in [0.29, 0.717) is 53.4 Å². The van der Waals surface area contributed by atoms with Crippen LogP contribution < -0.4 is 10.1 Å². The van der Waals surface area contributed by atoms with Gasteiger partial charge in [0.25, 0.3) is 0 Å². The largest absolute Gasteiger partial charge is 0.481 e. The van der Waals surface area contributed by atoms with Crippen LogP contribution in [0.25, 0.3) is 11.0 Å². The van der Waals surface area contributed by atoms with E-state index in [4.69, 9.17) is 4.74 Å². The average molecular weight is 515 g/mol. The Labute approximate surface area is 211 Å². The standard InChI is InChI=1S/C26H26F4N6O/c1-15(16-5-3-6-18(21(16)27)26(28,29)30)32-22-17-13-19(25(14-31)8-9-25)24(37-2)35-23(17)34-20(33-22)7-12-36-10-4-11-36/h3,5-6,13,15H,4,7-12H2,1-2H3,(H,32,33,34,35)/t15-/m1/s1. The van der Waals surface area contributed by atoms with E-state index in [1.165, 1.54) is 19.2 Å². The topological polar surface area (TPSA) is 87.0 Å². The van der Waals surface area contributed by atoms with Crippen molar-refractivity contribution in [2.24, 2.45) is 0 Å². The number of nitrogens with one attached hydrogen (secondary N) is 1. The fourth-order valence-corrected chi connectivity index (χ4v) is 4.62. The van der Waals surface area contributed by atoms with E-state index in [9.17, 15) is 22.8 Å². The van der Waals surface area contributed by atoms with Gasteiger partial charge >= 0.3 is 6.18 Å². The molecule has 11 heteroatoms. The lowest BCUT2D eigenvalue weighted by Crippen LogP contribution is -2.38. The minimum Gasteiger partial charge on any atom is -0.481 e. The van der Waals surface area contributed by atoms with Gasteiger partial charge in [-0.2, -0.15) is 23.4 Å². The second kappa shape index (κ2) is 9.41. The first-order valence-corrected chi connectivity index (χ1v) is 12.2. The van der Waals surface area contributed by atoms with Gasteiger partial charge in [0.15, 0.2) is 5.65 Å². The lowest BCUT2D eigenvalue weighted by molar-refractivity contribution is -0.140. The van der Waals surface area contributed by atoms with Crippen LogP contribution in [-0.4, -0.2) is 46.6 Å². The Morgan fingerprint density at radius 2 is 1.97 bits per heavy atom. The molecule has 1 atom stereocenters. The number of alkyl halides is 3. The van der Waals surface area contributed by atoms with Gasteiger partial charge in [0.05, 0.1) is 35.6 Å². The molecule has 3 heterocycles. The van der Waals surface area contributed by atoms with Crippen molar-refractivity contribution in [2.75, 3.05) is 32.1 Å². The molecular weight excluding hydrogens is 488 g/mol. The van der Waals surface area contributed by atoms with Crippen LogP contribution >= 0.6 is 0 Å². The monoisotopic (exact) mass is 514 g/mol. The van der Waals surface area contributed by atoms with E-state index in [2.05, 4.69) is 31.2 Å². The number of nitrogens with zero attached hydrogens (tertiary/aromatic N) is 5. The minimum atomic E-state index is -4.81. The Bertz CT molecular complexity index is 1380. The molecule has 5 rings (SSSR count). The molecular formula is C26H26F4N6O. The third kappa shape index (κ3) is 4.78. The van der Waals surface area contributed by atoms with E-state index in [0.717, 1.165) is 32.1 Å². The summed E-state index contributed by atoms with van der Waals surface area (Å²) in [7, 11) is 1.48. The Hall–Kier alpha value is -3.52. The van der Waals surface area contributed by atoms with Crippen LogP contribution in [0.5, 0.6) is 5.88 Å². The number of anilines is 1. The summed E-state index contributed by atoms with van der Waals surface area (Å²) in [6.07, 6.45) is -1.79. The van der Waals surface area contributed by atoms with E-state index >= 15 is 0 Å². The Balaban J connectivity index is 1.57. The molecule has 0 amide bonds. The van der Waals surface area contributed by atoms with Gasteiger partial charge in [-0.3, -0.25) is 0 Å². The zero-order chi connectivity index (χ0) is 26.4. The van der Waals surface area contributed by atoms with Crippen molar-refractivity contribution in [1.82, 2.24) is 19.9 Å². The first-order chi connectivity index (χ1) is 17.6. The van der Waals surface area contributed by atoms with Gasteiger partial charge in [-0.15, -0.1) is 0 Å². The van der Waals surface area contributed by atoms with Crippen LogP contribution in [0, 0.1) is 17.1 Å². The lowest BCUT2D eigenvalue weighted by atomic mass is 9.97. The van der Waals surface area contributed by atoms with Crippen LogP contribution in [0.4, 0.5) is 23.4 Å². The molecule has 2 aromatic heterocycles. The number of benzene rings is 1. The van der Waals surface area contributed by atoms with Crippen LogP contribution in [0.3, 0.4) is 0 Å². The second-order valence-corrected chi connectivity index (χ2v) is 9.62. The smallest absolute Gasteiger partial charge is 0.419 e. The van der Waals surface area contributed by atoms with E-state index in [-0.39, 0.29) is 5.56 Å². The van der Waals surface area contributed by atoms with Crippen molar-refractivity contribution in [3.8, 4) is 11.9 Å². The number of ether oxygens (including phenoxy) is 1. The lowest BCUT2D eigenvalue weighted by Gasteiger charge is -2.30. The first kappa shape index (κ1) is 25.1. The van der Waals surface area contributed by atoms with Gasteiger partial charge in [-0.05, 0) is 51.4 Å². The first-order valence-electron chi connectivity index (χ1n) is 12.2. The van der Waals surface area contributed by atoms with Crippen LogP contribution in [0.15, 0.2) is 24.3 Å². The number of hydrogen-bond acceptors (Lipinski definition) is 7. The molecule has 0 radical (unpaired) electrons. The van der Waals surface area contributed by atoms with Crippen molar-refractivity contribution < 1.29 is 22.3 Å². The molecule has 1 aromatic carbocycles. The quantitative estimate of drug-likeness (QED) is 0.415. The number of nitriles is 1. The Morgan fingerprint density at radius 1 is 1.22 bits per heavy atom. The van der Waals surface area contributed by atoms with E-state index < -0.39 is 29.0 Å². The van der Waals surface area contributed by atoms with Gasteiger partial charge in [-0.25, -0.2) is 14.4 Å². The van der Waals surface area contributed by atoms with Gasteiger partial charge in [-0.1, -0.05) is 12.1 Å². The molecule has 1 N–H and O–H groups in total. The molecule has 0 bridgehead atoms. The van der Waals surface area contributed by atoms with Crippen molar-refractivity contribution in [3.05, 3.63) is 52.6 Å². The van der Waals surface area contributed by atoms with Crippen LogP contribution in [-0.2, 0) is 18.0 Å². The summed E-state index contributed by atoms with van der Waals surface area (Å²) < 4.78 is 60.3. The summed E-state index contributed by atoms with van der Waals surface area (Å²) in [5.41, 5.74) is -1.22. The van der Waals surface area contributed by atoms with Gasteiger partial charge in [0.1, 0.15) is 17.5 Å².